The van der Waals surface area contributed by atoms with Crippen LogP contribution in [0.5, 0.6) is 11.8 Å². The molecule has 1 aliphatic heterocycles. The number of aromatic nitrogens is 1. The van der Waals surface area contributed by atoms with Crippen molar-refractivity contribution >= 4 is 11.8 Å². The molecule has 0 unspecified atom stereocenters. The molecule has 0 aliphatic carbocycles. The first kappa shape index (κ1) is 29.0. The van der Waals surface area contributed by atoms with E-state index in [2.05, 4.69) is 30.0 Å². The third-order valence-electron chi connectivity index (χ3n) is 7.06. The van der Waals surface area contributed by atoms with E-state index in [0.29, 0.717) is 38.1 Å². The van der Waals surface area contributed by atoms with Gasteiger partial charge in [0, 0.05) is 43.5 Å². The predicted molar refractivity (Wildman–Crippen MR) is 166 cm³/mol. The summed E-state index contributed by atoms with van der Waals surface area (Å²) in [7, 11) is 0. The number of hydrogen-bond donors (Lipinski definition) is 0. The molecule has 1 aliphatic rings. The second kappa shape index (κ2) is 13.0. The number of piperazine rings is 1. The molecule has 1 fully saturated rings. The van der Waals surface area contributed by atoms with E-state index in [9.17, 15) is 4.79 Å². The lowest BCUT2D eigenvalue weighted by molar-refractivity contribution is 0.0240. The summed E-state index contributed by atoms with van der Waals surface area (Å²) in [4.78, 5) is 21.4. The Balaban J connectivity index is 1.32. The lowest BCUT2D eigenvalue weighted by atomic mass is 10.0. The summed E-state index contributed by atoms with van der Waals surface area (Å²) in [6, 6.07) is 30.5. The van der Waals surface area contributed by atoms with Gasteiger partial charge in [-0.25, -0.2) is 4.79 Å². The number of pyridine rings is 1. The molecule has 0 atom stereocenters. The number of carbonyl (C=O) groups excluding carboxylic acids is 1. The number of amides is 1. The number of carbonyl (C=O) groups is 1. The first-order valence-corrected chi connectivity index (χ1v) is 14.4. The molecule has 218 valence electrons. The molecule has 7 nitrogen and oxygen atoms in total. The Labute approximate surface area is 248 Å². The molecular weight excluding hydrogens is 526 g/mol. The zero-order valence-corrected chi connectivity index (χ0v) is 24.9. The summed E-state index contributed by atoms with van der Waals surface area (Å²) in [5.74, 6) is 1.05. The number of nitrogens with zero attached hydrogens (tertiary/aromatic N) is 3. The van der Waals surface area contributed by atoms with Gasteiger partial charge >= 0.3 is 6.09 Å². The summed E-state index contributed by atoms with van der Waals surface area (Å²) in [6.45, 7) is 11.4. The van der Waals surface area contributed by atoms with Crippen LogP contribution in [0.1, 0.15) is 37.5 Å². The summed E-state index contributed by atoms with van der Waals surface area (Å²) >= 11 is 0. The van der Waals surface area contributed by atoms with Crippen molar-refractivity contribution in [2.24, 2.45) is 0 Å². The Morgan fingerprint density at radius 2 is 1.40 bits per heavy atom. The minimum Gasteiger partial charge on any atom is -0.473 e. The maximum atomic E-state index is 12.5. The number of aryl methyl sites for hydroxylation is 1. The van der Waals surface area contributed by atoms with E-state index in [1.165, 1.54) is 0 Å². The Hall–Kier alpha value is -4.52. The summed E-state index contributed by atoms with van der Waals surface area (Å²) in [5, 5.41) is 0. The van der Waals surface area contributed by atoms with Crippen molar-refractivity contribution in [2.45, 2.75) is 46.5 Å². The minimum atomic E-state index is -0.495. The SMILES string of the molecule is Cc1cc(-c2ccc(OCc3ccccc3)nc2OCc2ccccc2)ccc1N1CCN(C(=O)OC(C)(C)C)CC1. The molecule has 5 rings (SSSR count). The van der Waals surface area contributed by atoms with Crippen LogP contribution in [0.4, 0.5) is 10.5 Å². The molecule has 0 radical (unpaired) electrons. The maximum Gasteiger partial charge on any atom is 0.410 e. The van der Waals surface area contributed by atoms with Crippen LogP contribution in [0, 0.1) is 6.92 Å². The van der Waals surface area contributed by atoms with Crippen molar-refractivity contribution in [1.29, 1.82) is 0 Å². The third-order valence-corrected chi connectivity index (χ3v) is 7.06. The van der Waals surface area contributed by atoms with E-state index in [-0.39, 0.29) is 6.09 Å². The minimum absolute atomic E-state index is 0.249. The number of hydrogen-bond acceptors (Lipinski definition) is 6. The highest BCUT2D eigenvalue weighted by molar-refractivity contribution is 5.73. The average molecular weight is 566 g/mol. The Bertz CT molecular complexity index is 1480. The van der Waals surface area contributed by atoms with Gasteiger partial charge in [0.1, 0.15) is 18.8 Å². The van der Waals surface area contributed by atoms with E-state index in [0.717, 1.165) is 46.6 Å². The predicted octanol–water partition coefficient (Wildman–Crippen LogP) is 7.27. The van der Waals surface area contributed by atoms with Crippen LogP contribution in [-0.4, -0.2) is 47.8 Å². The van der Waals surface area contributed by atoms with E-state index in [1.54, 1.807) is 4.90 Å². The fourth-order valence-corrected chi connectivity index (χ4v) is 4.93. The second-order valence-corrected chi connectivity index (χ2v) is 11.5. The van der Waals surface area contributed by atoms with Crippen molar-refractivity contribution in [3.8, 4) is 22.9 Å². The van der Waals surface area contributed by atoms with Crippen molar-refractivity contribution < 1.29 is 19.0 Å². The number of ether oxygens (including phenoxy) is 3. The Morgan fingerprint density at radius 3 is 2.00 bits per heavy atom. The zero-order valence-electron chi connectivity index (χ0n) is 24.9. The van der Waals surface area contributed by atoms with E-state index >= 15 is 0 Å². The maximum absolute atomic E-state index is 12.5. The van der Waals surface area contributed by atoms with Crippen LogP contribution in [0.15, 0.2) is 91.0 Å². The monoisotopic (exact) mass is 565 g/mol. The van der Waals surface area contributed by atoms with Crippen molar-refractivity contribution in [3.05, 3.63) is 108 Å². The number of benzene rings is 3. The quantitative estimate of drug-likeness (QED) is 0.224. The molecule has 0 N–H and O–H groups in total. The average Bonchev–Trinajstić information content (AvgIpc) is 2.99. The van der Waals surface area contributed by atoms with Crippen LogP contribution >= 0.6 is 0 Å². The van der Waals surface area contributed by atoms with Crippen LogP contribution < -0.4 is 14.4 Å². The highest BCUT2D eigenvalue weighted by atomic mass is 16.6. The van der Waals surface area contributed by atoms with Crippen LogP contribution in [0.2, 0.25) is 0 Å². The largest absolute Gasteiger partial charge is 0.473 e. The second-order valence-electron chi connectivity index (χ2n) is 11.5. The molecule has 1 saturated heterocycles. The fraction of sp³-hybridized carbons (Fsp3) is 0.314. The van der Waals surface area contributed by atoms with Gasteiger partial charge < -0.3 is 24.0 Å². The highest BCUT2D eigenvalue weighted by Crippen LogP contribution is 2.34. The molecule has 2 heterocycles. The van der Waals surface area contributed by atoms with Gasteiger partial charge in [0.2, 0.25) is 11.8 Å². The molecule has 0 saturated carbocycles. The van der Waals surface area contributed by atoms with Crippen LogP contribution in [-0.2, 0) is 18.0 Å². The van der Waals surface area contributed by atoms with Gasteiger partial charge in [-0.15, -0.1) is 0 Å². The Kier molecular flexibility index (Phi) is 8.96. The molecule has 0 spiro atoms. The van der Waals surface area contributed by atoms with Crippen LogP contribution in [0.25, 0.3) is 11.1 Å². The normalized spacial score (nSPS) is 13.5. The number of anilines is 1. The third kappa shape index (κ3) is 7.60. The molecule has 0 bridgehead atoms. The summed E-state index contributed by atoms with van der Waals surface area (Å²) in [5.41, 5.74) is 5.88. The summed E-state index contributed by atoms with van der Waals surface area (Å²) < 4.78 is 17.8. The molecule has 42 heavy (non-hydrogen) atoms. The van der Waals surface area contributed by atoms with Gasteiger partial charge in [-0.2, -0.15) is 4.98 Å². The topological polar surface area (TPSA) is 64.1 Å². The smallest absolute Gasteiger partial charge is 0.410 e. The van der Waals surface area contributed by atoms with Gasteiger partial charge in [0.25, 0.3) is 0 Å². The van der Waals surface area contributed by atoms with Crippen molar-refractivity contribution in [1.82, 2.24) is 9.88 Å². The molecule has 1 amide bonds. The molecule has 3 aromatic carbocycles. The zero-order chi connectivity index (χ0) is 29.5. The fourth-order valence-electron chi connectivity index (χ4n) is 4.93. The van der Waals surface area contributed by atoms with Gasteiger partial charge in [-0.05, 0) is 68.1 Å². The number of rotatable bonds is 8. The van der Waals surface area contributed by atoms with Crippen LogP contribution in [0.3, 0.4) is 0 Å². The first-order valence-electron chi connectivity index (χ1n) is 14.4. The highest BCUT2D eigenvalue weighted by Gasteiger charge is 2.26. The van der Waals surface area contributed by atoms with Crippen molar-refractivity contribution in [3.63, 3.8) is 0 Å². The van der Waals surface area contributed by atoms with Gasteiger partial charge in [-0.3, -0.25) is 0 Å². The van der Waals surface area contributed by atoms with Gasteiger partial charge in [-0.1, -0.05) is 66.7 Å². The van der Waals surface area contributed by atoms with Gasteiger partial charge in [0.15, 0.2) is 0 Å². The van der Waals surface area contributed by atoms with Gasteiger partial charge in [0.05, 0.1) is 0 Å². The molecular formula is C35H39N3O4. The Morgan fingerprint density at radius 1 is 0.786 bits per heavy atom. The molecule has 4 aromatic rings. The summed E-state index contributed by atoms with van der Waals surface area (Å²) in [6.07, 6.45) is -0.249. The lowest BCUT2D eigenvalue weighted by Gasteiger charge is -2.37. The van der Waals surface area contributed by atoms with E-state index < -0.39 is 5.60 Å². The standard InChI is InChI=1S/C35H39N3O4/c1-26-23-29(15-17-31(26)37-19-21-38(22-20-37)34(39)42-35(2,3)4)30-16-18-32(40-24-27-11-7-5-8-12-27)36-33(30)41-25-28-13-9-6-10-14-28/h5-18,23H,19-22,24-25H2,1-4H3. The lowest BCUT2D eigenvalue weighted by Crippen LogP contribution is -2.50. The van der Waals surface area contributed by atoms with Crippen molar-refractivity contribution in [2.75, 3.05) is 31.1 Å². The van der Waals surface area contributed by atoms with E-state index in [4.69, 9.17) is 19.2 Å². The first-order chi connectivity index (χ1) is 20.2. The van der Waals surface area contributed by atoms with E-state index in [1.807, 2.05) is 93.6 Å². The molecule has 7 heteroatoms. The molecule has 1 aromatic heterocycles.